The van der Waals surface area contributed by atoms with Crippen LogP contribution in [0.2, 0.25) is 5.15 Å². The van der Waals surface area contributed by atoms with Gasteiger partial charge in [-0.05, 0) is 30.0 Å². The highest BCUT2D eigenvalue weighted by molar-refractivity contribution is 7.25. The van der Waals surface area contributed by atoms with Crippen LogP contribution in [0.4, 0.5) is 5.82 Å². The van der Waals surface area contributed by atoms with E-state index in [9.17, 15) is 5.26 Å². The molecular weight excluding hydrogens is 332 g/mol. The molecule has 1 saturated heterocycles. The molecule has 0 aromatic carbocycles. The lowest BCUT2D eigenvalue weighted by Gasteiger charge is -2.31. The fourth-order valence-corrected chi connectivity index (χ4v) is 4.14. The van der Waals surface area contributed by atoms with Crippen LogP contribution in [0, 0.1) is 17.2 Å². The molecule has 0 bridgehead atoms. The van der Waals surface area contributed by atoms with Crippen molar-refractivity contribution in [1.29, 1.82) is 5.26 Å². The quantitative estimate of drug-likeness (QED) is 0.673. The minimum atomic E-state index is 0.324. The van der Waals surface area contributed by atoms with Gasteiger partial charge in [0, 0.05) is 18.5 Å². The smallest absolute Gasteiger partial charge is 0.172 e. The van der Waals surface area contributed by atoms with E-state index in [-0.39, 0.29) is 0 Å². The number of pyridine rings is 1. The third kappa shape index (κ3) is 2.38. The number of nitriles is 1. The van der Waals surface area contributed by atoms with Crippen LogP contribution in [0.15, 0.2) is 6.07 Å². The third-order valence-corrected chi connectivity index (χ3v) is 5.78. The molecule has 6 nitrogen and oxygen atoms in total. The van der Waals surface area contributed by atoms with Crippen molar-refractivity contribution in [2.24, 2.45) is 5.92 Å². The maximum absolute atomic E-state index is 9.54. The van der Waals surface area contributed by atoms with Crippen LogP contribution >= 0.6 is 22.9 Å². The molecule has 0 radical (unpaired) electrons. The summed E-state index contributed by atoms with van der Waals surface area (Å²) in [5.41, 5.74) is 1.23. The Kier molecular flexibility index (Phi) is 3.51. The Morgan fingerprint density at radius 1 is 1.35 bits per heavy atom. The molecule has 23 heavy (non-hydrogen) atoms. The van der Waals surface area contributed by atoms with Gasteiger partial charge in [0.15, 0.2) is 5.15 Å². The molecule has 4 rings (SSSR count). The number of hydrogen-bond acceptors (Lipinski definition) is 7. The van der Waals surface area contributed by atoms with Gasteiger partial charge in [-0.25, -0.2) is 4.98 Å². The minimum Gasteiger partial charge on any atom is -0.355 e. The van der Waals surface area contributed by atoms with Crippen LogP contribution in [0.5, 0.6) is 0 Å². The number of fused-ring (bicyclic) bond motifs is 3. The highest BCUT2D eigenvalue weighted by atomic mass is 35.5. The Labute approximate surface area is 141 Å². The highest BCUT2D eigenvalue weighted by Crippen LogP contribution is 2.37. The first-order chi connectivity index (χ1) is 11.2. The molecule has 3 aromatic rings. The summed E-state index contributed by atoms with van der Waals surface area (Å²) >= 11 is 7.54. The number of piperidine rings is 1. The average molecular weight is 345 g/mol. The molecule has 0 atom stereocenters. The van der Waals surface area contributed by atoms with Gasteiger partial charge in [-0.2, -0.15) is 5.26 Å². The SMILES string of the molecule is CC1CCN(c2nc3sc4c(Cl)nnnc4c3cc2C#N)CC1. The van der Waals surface area contributed by atoms with Crippen molar-refractivity contribution in [3.8, 4) is 6.07 Å². The van der Waals surface area contributed by atoms with E-state index in [1.54, 1.807) is 0 Å². The molecule has 0 aliphatic carbocycles. The normalized spacial score (nSPS) is 16.1. The molecule has 0 spiro atoms. The van der Waals surface area contributed by atoms with Crippen molar-refractivity contribution in [2.45, 2.75) is 19.8 Å². The van der Waals surface area contributed by atoms with Gasteiger partial charge in [0.1, 0.15) is 22.2 Å². The lowest BCUT2D eigenvalue weighted by molar-refractivity contribution is 0.436. The van der Waals surface area contributed by atoms with Gasteiger partial charge in [0.25, 0.3) is 0 Å². The van der Waals surface area contributed by atoms with Gasteiger partial charge < -0.3 is 4.90 Å². The van der Waals surface area contributed by atoms with Gasteiger partial charge in [-0.3, -0.25) is 0 Å². The standard InChI is InChI=1S/C15H13ClN6S/c1-8-2-4-22(5-3-8)14-9(7-17)6-10-11-12(23-15(10)18-14)13(16)20-21-19-11/h6,8H,2-5H2,1H3. The van der Waals surface area contributed by atoms with Crippen LogP contribution in [-0.2, 0) is 0 Å². The Balaban J connectivity index is 1.90. The van der Waals surface area contributed by atoms with Crippen LogP contribution in [0.1, 0.15) is 25.3 Å². The van der Waals surface area contributed by atoms with Crippen molar-refractivity contribution < 1.29 is 0 Å². The summed E-state index contributed by atoms with van der Waals surface area (Å²) in [5, 5.41) is 22.2. The van der Waals surface area contributed by atoms with E-state index in [1.165, 1.54) is 11.3 Å². The number of aromatic nitrogens is 4. The molecule has 0 saturated carbocycles. The largest absolute Gasteiger partial charge is 0.355 e. The van der Waals surface area contributed by atoms with Gasteiger partial charge in [0.2, 0.25) is 0 Å². The second-order valence-electron chi connectivity index (χ2n) is 5.85. The van der Waals surface area contributed by atoms with Crippen LogP contribution in [-0.4, -0.2) is 33.5 Å². The number of nitrogens with zero attached hydrogens (tertiary/aromatic N) is 6. The summed E-state index contributed by atoms with van der Waals surface area (Å²) in [5.74, 6) is 1.49. The van der Waals surface area contributed by atoms with Crippen molar-refractivity contribution in [1.82, 2.24) is 20.4 Å². The van der Waals surface area contributed by atoms with Crippen molar-refractivity contribution in [2.75, 3.05) is 18.0 Å². The summed E-state index contributed by atoms with van der Waals surface area (Å²) in [4.78, 5) is 7.76. The Hall–Kier alpha value is -2.04. The topological polar surface area (TPSA) is 78.6 Å². The zero-order valence-electron chi connectivity index (χ0n) is 12.5. The number of halogens is 1. The van der Waals surface area contributed by atoms with Crippen LogP contribution < -0.4 is 4.90 Å². The Morgan fingerprint density at radius 2 is 2.13 bits per heavy atom. The number of thiophene rings is 1. The maximum Gasteiger partial charge on any atom is 0.172 e. The van der Waals surface area contributed by atoms with Crippen molar-refractivity contribution >= 4 is 49.2 Å². The van der Waals surface area contributed by atoms with Crippen LogP contribution in [0.25, 0.3) is 20.4 Å². The van der Waals surface area contributed by atoms with Gasteiger partial charge in [0.05, 0.1) is 10.3 Å². The first-order valence-corrected chi connectivity index (χ1v) is 8.64. The molecule has 1 fully saturated rings. The zero-order chi connectivity index (χ0) is 16.0. The minimum absolute atomic E-state index is 0.324. The fourth-order valence-electron chi connectivity index (χ4n) is 2.94. The molecular formula is C15H13ClN6S. The molecule has 116 valence electrons. The summed E-state index contributed by atoms with van der Waals surface area (Å²) in [6.45, 7) is 4.13. The summed E-state index contributed by atoms with van der Waals surface area (Å²) in [6.07, 6.45) is 2.25. The van der Waals surface area contributed by atoms with E-state index in [0.717, 1.165) is 52.6 Å². The second-order valence-corrected chi connectivity index (χ2v) is 7.21. The van der Waals surface area contributed by atoms with Crippen molar-refractivity contribution in [3.63, 3.8) is 0 Å². The molecule has 0 unspecified atom stereocenters. The maximum atomic E-state index is 9.54. The van der Waals surface area contributed by atoms with Crippen molar-refractivity contribution in [3.05, 3.63) is 16.8 Å². The summed E-state index contributed by atoms with van der Waals surface area (Å²) in [6, 6.07) is 4.12. The van der Waals surface area contributed by atoms with E-state index in [0.29, 0.717) is 16.2 Å². The highest BCUT2D eigenvalue weighted by Gasteiger charge is 2.22. The predicted molar refractivity (Wildman–Crippen MR) is 90.8 cm³/mol. The first-order valence-electron chi connectivity index (χ1n) is 7.44. The Morgan fingerprint density at radius 3 is 2.87 bits per heavy atom. The molecule has 1 aliphatic heterocycles. The van der Waals surface area contributed by atoms with E-state index < -0.39 is 0 Å². The monoisotopic (exact) mass is 344 g/mol. The number of rotatable bonds is 1. The molecule has 8 heteroatoms. The predicted octanol–water partition coefficient (Wildman–Crippen LogP) is 3.40. The fraction of sp³-hybridized carbons (Fsp3) is 0.400. The average Bonchev–Trinajstić information content (AvgIpc) is 2.93. The van der Waals surface area contributed by atoms with Crippen LogP contribution in [0.3, 0.4) is 0 Å². The Bertz CT molecular complexity index is 938. The lowest BCUT2D eigenvalue weighted by Crippen LogP contribution is -2.33. The summed E-state index contributed by atoms with van der Waals surface area (Å²) < 4.78 is 0.762. The number of anilines is 1. The zero-order valence-corrected chi connectivity index (χ0v) is 14.0. The van der Waals surface area contributed by atoms with E-state index in [1.807, 2.05) is 6.07 Å². The third-order valence-electron chi connectivity index (χ3n) is 4.30. The van der Waals surface area contributed by atoms with Gasteiger partial charge in [-0.1, -0.05) is 18.5 Å². The van der Waals surface area contributed by atoms with Gasteiger partial charge >= 0.3 is 0 Å². The van der Waals surface area contributed by atoms with E-state index in [4.69, 9.17) is 16.6 Å². The van der Waals surface area contributed by atoms with E-state index >= 15 is 0 Å². The molecule has 0 amide bonds. The molecule has 0 N–H and O–H groups in total. The summed E-state index contributed by atoms with van der Waals surface area (Å²) in [7, 11) is 0. The lowest BCUT2D eigenvalue weighted by atomic mass is 9.99. The second kappa shape index (κ2) is 5.55. The molecule has 3 aromatic heterocycles. The molecule has 1 aliphatic rings. The van der Waals surface area contributed by atoms with E-state index in [2.05, 4.69) is 33.3 Å². The first kappa shape index (κ1) is 14.5. The molecule has 4 heterocycles. The van der Waals surface area contributed by atoms with Gasteiger partial charge in [-0.15, -0.1) is 21.5 Å². The number of hydrogen-bond donors (Lipinski definition) is 0.